The largest absolute Gasteiger partial charge is 0.337 e. The first kappa shape index (κ1) is 13.5. The lowest BCUT2D eigenvalue weighted by atomic mass is 9.86. The Morgan fingerprint density at radius 3 is 2.56 bits per heavy atom. The average Bonchev–Trinajstić information content (AvgIpc) is 2.76. The second kappa shape index (κ2) is 5.38. The van der Waals surface area contributed by atoms with Crippen molar-refractivity contribution in [2.75, 3.05) is 33.7 Å². The third kappa shape index (κ3) is 2.58. The molecule has 18 heavy (non-hydrogen) atoms. The van der Waals surface area contributed by atoms with Crippen LogP contribution < -0.4 is 5.73 Å². The van der Waals surface area contributed by atoms with Crippen molar-refractivity contribution in [1.82, 2.24) is 19.4 Å². The van der Waals surface area contributed by atoms with Crippen molar-refractivity contribution in [3.63, 3.8) is 0 Å². The van der Waals surface area contributed by atoms with E-state index in [0.717, 1.165) is 44.8 Å². The lowest BCUT2D eigenvalue weighted by molar-refractivity contribution is 0.0462. The van der Waals surface area contributed by atoms with Crippen LogP contribution in [-0.2, 0) is 13.6 Å². The smallest absolute Gasteiger partial charge is 0.122 e. The van der Waals surface area contributed by atoms with Gasteiger partial charge in [-0.2, -0.15) is 0 Å². The second-order valence-corrected chi connectivity index (χ2v) is 5.54. The van der Waals surface area contributed by atoms with Crippen LogP contribution >= 0.6 is 0 Å². The highest BCUT2D eigenvalue weighted by atomic mass is 15.2. The minimum absolute atomic E-state index is 0.137. The molecule has 2 heterocycles. The number of aromatic nitrogens is 2. The number of hydrogen-bond acceptors (Lipinski definition) is 4. The summed E-state index contributed by atoms with van der Waals surface area (Å²) in [6.07, 6.45) is 6.13. The van der Waals surface area contributed by atoms with Crippen molar-refractivity contribution < 1.29 is 0 Å². The average molecular weight is 251 g/mol. The Labute approximate surface area is 110 Å². The molecule has 1 aromatic rings. The van der Waals surface area contributed by atoms with Gasteiger partial charge in [-0.05, 0) is 40.0 Å². The Kier molecular flexibility index (Phi) is 4.04. The fourth-order valence-electron chi connectivity index (χ4n) is 2.71. The molecule has 0 aliphatic carbocycles. The van der Waals surface area contributed by atoms with Crippen LogP contribution in [0.5, 0.6) is 0 Å². The van der Waals surface area contributed by atoms with Crippen LogP contribution in [0.25, 0.3) is 0 Å². The van der Waals surface area contributed by atoms with E-state index in [9.17, 15) is 0 Å². The number of imidazole rings is 1. The van der Waals surface area contributed by atoms with Crippen molar-refractivity contribution >= 4 is 0 Å². The van der Waals surface area contributed by atoms with Crippen LogP contribution in [0.4, 0.5) is 0 Å². The zero-order valence-corrected chi connectivity index (χ0v) is 11.8. The first-order chi connectivity index (χ1) is 8.57. The van der Waals surface area contributed by atoms with E-state index in [1.807, 2.05) is 19.4 Å². The van der Waals surface area contributed by atoms with Gasteiger partial charge in [-0.3, -0.25) is 4.90 Å². The van der Waals surface area contributed by atoms with Crippen LogP contribution in [-0.4, -0.2) is 58.6 Å². The van der Waals surface area contributed by atoms with E-state index in [1.54, 1.807) is 0 Å². The van der Waals surface area contributed by atoms with Crippen molar-refractivity contribution in [2.24, 2.45) is 12.8 Å². The molecule has 1 saturated heterocycles. The van der Waals surface area contributed by atoms with Gasteiger partial charge in [0.15, 0.2) is 0 Å². The molecule has 0 atom stereocenters. The Bertz CT molecular complexity index is 378. The molecular weight excluding hydrogens is 226 g/mol. The molecule has 0 amide bonds. The molecule has 102 valence electrons. The maximum atomic E-state index is 6.06. The molecule has 0 saturated carbocycles. The van der Waals surface area contributed by atoms with Crippen LogP contribution in [0.3, 0.4) is 0 Å². The standard InChI is InChI=1S/C13H25N5/c1-16-7-4-13(11-14,5-8-16)18(3)10-12-15-6-9-17(12)2/h6,9H,4-5,7-8,10-11,14H2,1-3H3. The first-order valence-electron chi connectivity index (χ1n) is 6.63. The normalized spacial score (nSPS) is 20.5. The topological polar surface area (TPSA) is 50.3 Å². The van der Waals surface area contributed by atoms with Gasteiger partial charge in [-0.25, -0.2) is 4.98 Å². The summed E-state index contributed by atoms with van der Waals surface area (Å²) in [5, 5.41) is 0. The molecule has 5 heteroatoms. The molecule has 0 spiro atoms. The third-order valence-corrected chi connectivity index (χ3v) is 4.41. The summed E-state index contributed by atoms with van der Waals surface area (Å²) in [6, 6.07) is 0. The van der Waals surface area contributed by atoms with Crippen molar-refractivity contribution in [1.29, 1.82) is 0 Å². The van der Waals surface area contributed by atoms with E-state index >= 15 is 0 Å². The van der Waals surface area contributed by atoms with Crippen LogP contribution in [0, 0.1) is 0 Å². The van der Waals surface area contributed by atoms with Gasteiger partial charge >= 0.3 is 0 Å². The summed E-state index contributed by atoms with van der Waals surface area (Å²) < 4.78 is 2.08. The minimum Gasteiger partial charge on any atom is -0.337 e. The number of likely N-dealkylation sites (tertiary alicyclic amines) is 1. The van der Waals surface area contributed by atoms with E-state index in [0.29, 0.717) is 0 Å². The van der Waals surface area contributed by atoms with Crippen molar-refractivity contribution in [2.45, 2.75) is 24.9 Å². The SMILES string of the molecule is CN1CCC(CN)(N(C)Cc2nccn2C)CC1. The highest BCUT2D eigenvalue weighted by molar-refractivity contribution is 4.98. The van der Waals surface area contributed by atoms with E-state index in [4.69, 9.17) is 5.73 Å². The van der Waals surface area contributed by atoms with Gasteiger partial charge in [0.1, 0.15) is 5.82 Å². The van der Waals surface area contributed by atoms with Crippen LogP contribution in [0.1, 0.15) is 18.7 Å². The maximum Gasteiger partial charge on any atom is 0.122 e. The van der Waals surface area contributed by atoms with Crippen LogP contribution in [0.2, 0.25) is 0 Å². The number of rotatable bonds is 4. The number of piperidine rings is 1. The Hall–Kier alpha value is -0.910. The molecular formula is C13H25N5. The summed E-state index contributed by atoms with van der Waals surface area (Å²) in [5.74, 6) is 1.10. The highest BCUT2D eigenvalue weighted by Crippen LogP contribution is 2.27. The fourth-order valence-corrected chi connectivity index (χ4v) is 2.71. The summed E-state index contributed by atoms with van der Waals surface area (Å²) in [4.78, 5) is 9.17. The zero-order valence-electron chi connectivity index (χ0n) is 11.8. The molecule has 1 aliphatic heterocycles. The maximum absolute atomic E-state index is 6.06. The molecule has 5 nitrogen and oxygen atoms in total. The lowest BCUT2D eigenvalue weighted by Crippen LogP contribution is -2.57. The van der Waals surface area contributed by atoms with Gasteiger partial charge in [0.25, 0.3) is 0 Å². The van der Waals surface area contributed by atoms with Gasteiger partial charge in [-0.15, -0.1) is 0 Å². The monoisotopic (exact) mass is 251 g/mol. The summed E-state index contributed by atoms with van der Waals surface area (Å²) in [6.45, 7) is 3.84. The molecule has 1 aliphatic rings. The molecule has 0 radical (unpaired) electrons. The number of hydrogen-bond donors (Lipinski definition) is 1. The van der Waals surface area contributed by atoms with E-state index in [1.165, 1.54) is 0 Å². The van der Waals surface area contributed by atoms with Gasteiger partial charge in [0, 0.05) is 31.5 Å². The molecule has 1 fully saturated rings. The van der Waals surface area contributed by atoms with E-state index in [2.05, 4.69) is 33.4 Å². The number of aryl methyl sites for hydroxylation is 1. The van der Waals surface area contributed by atoms with Gasteiger partial charge in [0.2, 0.25) is 0 Å². The number of nitrogens with zero attached hydrogens (tertiary/aromatic N) is 4. The Morgan fingerprint density at radius 1 is 1.39 bits per heavy atom. The molecule has 2 rings (SSSR count). The minimum atomic E-state index is 0.137. The van der Waals surface area contributed by atoms with Gasteiger partial charge < -0.3 is 15.2 Å². The molecule has 0 unspecified atom stereocenters. The summed E-state index contributed by atoms with van der Waals surface area (Å²) >= 11 is 0. The number of nitrogens with two attached hydrogens (primary N) is 1. The predicted molar refractivity (Wildman–Crippen MR) is 73.2 cm³/mol. The Balaban J connectivity index is 2.06. The van der Waals surface area contributed by atoms with Gasteiger partial charge in [-0.1, -0.05) is 0 Å². The van der Waals surface area contributed by atoms with Gasteiger partial charge in [0.05, 0.1) is 6.54 Å². The van der Waals surface area contributed by atoms with Crippen LogP contribution in [0.15, 0.2) is 12.4 Å². The fraction of sp³-hybridized carbons (Fsp3) is 0.769. The van der Waals surface area contributed by atoms with Crippen molar-refractivity contribution in [3.05, 3.63) is 18.2 Å². The molecule has 0 aromatic carbocycles. The highest BCUT2D eigenvalue weighted by Gasteiger charge is 2.36. The van der Waals surface area contributed by atoms with E-state index in [-0.39, 0.29) is 5.54 Å². The Morgan fingerprint density at radius 2 is 2.06 bits per heavy atom. The number of likely N-dealkylation sites (N-methyl/N-ethyl adjacent to an activating group) is 1. The predicted octanol–water partition coefficient (Wildman–Crippen LogP) is 0.275. The van der Waals surface area contributed by atoms with Crippen molar-refractivity contribution in [3.8, 4) is 0 Å². The quantitative estimate of drug-likeness (QED) is 0.835. The molecule has 2 N–H and O–H groups in total. The first-order valence-corrected chi connectivity index (χ1v) is 6.63. The zero-order chi connectivity index (χ0) is 13.2. The summed E-state index contributed by atoms with van der Waals surface area (Å²) in [7, 11) is 6.39. The lowest BCUT2D eigenvalue weighted by Gasteiger charge is -2.46. The summed E-state index contributed by atoms with van der Waals surface area (Å²) in [5.41, 5.74) is 6.20. The molecule has 0 bridgehead atoms. The van der Waals surface area contributed by atoms with E-state index < -0.39 is 0 Å². The second-order valence-electron chi connectivity index (χ2n) is 5.54. The third-order valence-electron chi connectivity index (χ3n) is 4.41. The molecule has 1 aromatic heterocycles.